The van der Waals surface area contributed by atoms with E-state index in [9.17, 15) is 9.59 Å². The Labute approximate surface area is 135 Å². The lowest BCUT2D eigenvalue weighted by atomic mass is 9.66. The molecule has 0 aromatic carbocycles. The molecule has 0 saturated carbocycles. The molecule has 22 heavy (non-hydrogen) atoms. The molecule has 1 aliphatic rings. The molecule has 2 atom stereocenters. The number of rotatable bonds is 3. The molecule has 0 radical (unpaired) electrons. The molecule has 1 heterocycles. The van der Waals surface area contributed by atoms with Gasteiger partial charge in [-0.3, -0.25) is 9.59 Å². The summed E-state index contributed by atoms with van der Waals surface area (Å²) in [5.41, 5.74) is -2.53. The van der Waals surface area contributed by atoms with Crippen LogP contribution in [0.2, 0.25) is 0 Å². The van der Waals surface area contributed by atoms with Gasteiger partial charge in [0, 0.05) is 0 Å². The van der Waals surface area contributed by atoms with Crippen molar-refractivity contribution in [3.63, 3.8) is 0 Å². The Morgan fingerprint density at radius 2 is 1.64 bits per heavy atom. The van der Waals surface area contributed by atoms with Gasteiger partial charge < -0.3 is 9.47 Å². The van der Waals surface area contributed by atoms with Crippen LogP contribution in [0.4, 0.5) is 0 Å². The number of cyclic esters (lactones) is 1. The zero-order valence-electron chi connectivity index (χ0n) is 16.0. The van der Waals surface area contributed by atoms with Gasteiger partial charge in [-0.05, 0) is 39.5 Å². The van der Waals surface area contributed by atoms with Gasteiger partial charge >= 0.3 is 11.9 Å². The van der Waals surface area contributed by atoms with Crippen LogP contribution in [0.5, 0.6) is 0 Å². The van der Waals surface area contributed by atoms with Gasteiger partial charge in [-0.1, -0.05) is 41.5 Å². The smallest absolute Gasteiger partial charge is 0.313 e. The molecule has 130 valence electrons. The second kappa shape index (κ2) is 6.59. The topological polar surface area (TPSA) is 52.6 Å². The second-order valence-corrected chi connectivity index (χ2v) is 7.72. The molecule has 0 spiro atoms. The fraction of sp³-hybridized carbons (Fsp3) is 0.889. The lowest BCUT2D eigenvalue weighted by Crippen LogP contribution is -2.51. The van der Waals surface area contributed by atoms with Crippen molar-refractivity contribution in [3.05, 3.63) is 0 Å². The van der Waals surface area contributed by atoms with Crippen LogP contribution in [-0.2, 0) is 19.1 Å². The van der Waals surface area contributed by atoms with E-state index in [-0.39, 0.29) is 23.8 Å². The van der Waals surface area contributed by atoms with Crippen molar-refractivity contribution in [1.29, 1.82) is 0 Å². The summed E-state index contributed by atoms with van der Waals surface area (Å²) in [7, 11) is 0. The third-order valence-corrected chi connectivity index (χ3v) is 5.26. The van der Waals surface area contributed by atoms with Crippen molar-refractivity contribution < 1.29 is 19.1 Å². The number of carbonyl (C=O) groups excluding carboxylic acids is 2. The SMILES string of the molecule is CC.CCC(C)(C(=O)OC1(C)CC(=O)OC1(C)C)C(C)(C)C. The second-order valence-electron chi connectivity index (χ2n) is 7.72. The molecule has 2 unspecified atom stereocenters. The maximum absolute atomic E-state index is 12.7. The minimum absolute atomic E-state index is 0.107. The summed E-state index contributed by atoms with van der Waals surface area (Å²) in [5, 5.41) is 0. The van der Waals surface area contributed by atoms with Gasteiger partial charge in [0.15, 0.2) is 5.60 Å². The van der Waals surface area contributed by atoms with E-state index in [1.807, 2.05) is 48.5 Å². The molecule has 4 heteroatoms. The summed E-state index contributed by atoms with van der Waals surface area (Å²) < 4.78 is 11.1. The normalized spacial score (nSPS) is 26.4. The highest BCUT2D eigenvalue weighted by molar-refractivity contribution is 5.80. The molecule has 1 aliphatic heterocycles. The number of ether oxygens (including phenoxy) is 2. The van der Waals surface area contributed by atoms with Crippen molar-refractivity contribution in [3.8, 4) is 0 Å². The van der Waals surface area contributed by atoms with E-state index in [1.54, 1.807) is 20.8 Å². The van der Waals surface area contributed by atoms with Crippen LogP contribution in [0, 0.1) is 10.8 Å². The highest BCUT2D eigenvalue weighted by Gasteiger charge is 2.57. The minimum Gasteiger partial charge on any atom is -0.455 e. The van der Waals surface area contributed by atoms with E-state index in [0.29, 0.717) is 6.42 Å². The van der Waals surface area contributed by atoms with Gasteiger partial charge in [0.25, 0.3) is 0 Å². The van der Waals surface area contributed by atoms with Gasteiger partial charge in [0.1, 0.15) is 5.60 Å². The minimum atomic E-state index is -0.914. The van der Waals surface area contributed by atoms with Crippen LogP contribution in [0.25, 0.3) is 0 Å². The monoisotopic (exact) mass is 314 g/mol. The van der Waals surface area contributed by atoms with Crippen LogP contribution < -0.4 is 0 Å². The number of hydrogen-bond acceptors (Lipinski definition) is 4. The summed E-state index contributed by atoms with van der Waals surface area (Å²) in [6, 6.07) is 0. The Morgan fingerprint density at radius 3 is 1.91 bits per heavy atom. The zero-order chi connectivity index (χ0) is 18.0. The molecule has 0 N–H and O–H groups in total. The lowest BCUT2D eigenvalue weighted by Gasteiger charge is -2.43. The van der Waals surface area contributed by atoms with Crippen LogP contribution in [-0.4, -0.2) is 23.1 Å². The summed E-state index contributed by atoms with van der Waals surface area (Å²) in [4.78, 5) is 24.3. The standard InChI is InChI=1S/C16H28O4.C2H6/c1-9-15(7,13(2,3)4)12(18)20-16(8)10-11(17)19-14(16,5)6;1-2/h9-10H2,1-8H3;1-2H3. The number of hydrogen-bond donors (Lipinski definition) is 0. The average molecular weight is 314 g/mol. The van der Waals surface area contributed by atoms with Gasteiger partial charge in [0.05, 0.1) is 11.8 Å². The van der Waals surface area contributed by atoms with E-state index in [1.165, 1.54) is 0 Å². The maximum atomic E-state index is 12.7. The lowest BCUT2D eigenvalue weighted by molar-refractivity contribution is -0.191. The van der Waals surface area contributed by atoms with Gasteiger partial charge in [-0.25, -0.2) is 0 Å². The summed E-state index contributed by atoms with van der Waals surface area (Å²) in [5.74, 6) is -0.583. The fourth-order valence-electron chi connectivity index (χ4n) is 2.37. The Hall–Kier alpha value is -1.06. The van der Waals surface area contributed by atoms with Crippen molar-refractivity contribution in [2.75, 3.05) is 0 Å². The molecule has 0 amide bonds. The van der Waals surface area contributed by atoms with Gasteiger partial charge in [-0.2, -0.15) is 0 Å². The molecule has 0 bridgehead atoms. The zero-order valence-corrected chi connectivity index (χ0v) is 16.0. The Balaban J connectivity index is 0.00000211. The first kappa shape index (κ1) is 20.9. The van der Waals surface area contributed by atoms with E-state index in [4.69, 9.17) is 9.47 Å². The molecule has 1 rings (SSSR count). The average Bonchev–Trinajstić information content (AvgIpc) is 2.56. The quantitative estimate of drug-likeness (QED) is 0.720. The molecular weight excluding hydrogens is 280 g/mol. The first-order valence-corrected chi connectivity index (χ1v) is 8.24. The Kier molecular flexibility index (Phi) is 6.27. The predicted molar refractivity (Wildman–Crippen MR) is 88.5 cm³/mol. The molecule has 4 nitrogen and oxygen atoms in total. The highest BCUT2D eigenvalue weighted by Crippen LogP contribution is 2.46. The van der Waals surface area contributed by atoms with Crippen molar-refractivity contribution in [1.82, 2.24) is 0 Å². The van der Waals surface area contributed by atoms with Crippen LogP contribution in [0.3, 0.4) is 0 Å². The van der Waals surface area contributed by atoms with E-state index in [0.717, 1.165) is 0 Å². The summed E-state index contributed by atoms with van der Waals surface area (Å²) >= 11 is 0. The molecule has 1 saturated heterocycles. The predicted octanol–water partition coefficient (Wildman–Crippen LogP) is 4.50. The fourth-order valence-corrected chi connectivity index (χ4v) is 2.37. The Bertz CT molecular complexity index is 419. The Morgan fingerprint density at radius 1 is 1.18 bits per heavy atom. The highest BCUT2D eigenvalue weighted by atomic mass is 16.6. The molecule has 1 fully saturated rings. The van der Waals surface area contributed by atoms with Crippen molar-refractivity contribution in [2.45, 2.75) is 93.3 Å². The maximum Gasteiger partial charge on any atom is 0.313 e. The van der Waals surface area contributed by atoms with Crippen molar-refractivity contribution >= 4 is 11.9 Å². The van der Waals surface area contributed by atoms with Crippen LogP contribution >= 0.6 is 0 Å². The third kappa shape index (κ3) is 3.64. The first-order chi connectivity index (χ1) is 9.79. The van der Waals surface area contributed by atoms with E-state index in [2.05, 4.69) is 0 Å². The molecule has 0 aromatic rings. The van der Waals surface area contributed by atoms with E-state index >= 15 is 0 Å². The van der Waals surface area contributed by atoms with Gasteiger partial charge in [-0.15, -0.1) is 0 Å². The summed E-state index contributed by atoms with van der Waals surface area (Å²) in [6.45, 7) is 19.3. The van der Waals surface area contributed by atoms with Gasteiger partial charge in [0.2, 0.25) is 0 Å². The number of carbonyl (C=O) groups is 2. The summed E-state index contributed by atoms with van der Waals surface area (Å²) in [6.07, 6.45) is 0.788. The molecular formula is C18H34O4. The third-order valence-electron chi connectivity index (χ3n) is 5.26. The van der Waals surface area contributed by atoms with Crippen LogP contribution in [0.15, 0.2) is 0 Å². The first-order valence-electron chi connectivity index (χ1n) is 8.24. The molecule has 0 aromatic heterocycles. The molecule has 0 aliphatic carbocycles. The number of esters is 2. The van der Waals surface area contributed by atoms with E-state index < -0.39 is 16.6 Å². The van der Waals surface area contributed by atoms with Crippen LogP contribution in [0.1, 0.15) is 82.1 Å². The largest absolute Gasteiger partial charge is 0.455 e. The van der Waals surface area contributed by atoms with Crippen molar-refractivity contribution in [2.24, 2.45) is 10.8 Å².